The van der Waals surface area contributed by atoms with Gasteiger partial charge in [-0.2, -0.15) is 0 Å². The topological polar surface area (TPSA) is 43.8 Å². The van der Waals surface area contributed by atoms with Gasteiger partial charge >= 0.3 is 0 Å². The van der Waals surface area contributed by atoms with E-state index in [9.17, 15) is 9.90 Å². The Balaban J connectivity index is 1.90. The lowest BCUT2D eigenvalue weighted by molar-refractivity contribution is 0.0524. The van der Waals surface area contributed by atoms with E-state index in [1.165, 1.54) is 11.3 Å². The second-order valence-electron chi connectivity index (χ2n) is 4.89. The van der Waals surface area contributed by atoms with E-state index in [-0.39, 0.29) is 12.0 Å². The zero-order chi connectivity index (χ0) is 14.7. The van der Waals surface area contributed by atoms with Gasteiger partial charge in [0, 0.05) is 32.7 Å². The maximum atomic E-state index is 12.3. The third-order valence-electron chi connectivity index (χ3n) is 3.49. The van der Waals surface area contributed by atoms with E-state index in [0.29, 0.717) is 33.9 Å². The molecule has 2 heterocycles. The molecule has 0 bridgehead atoms. The van der Waals surface area contributed by atoms with Gasteiger partial charge in [0.15, 0.2) is 0 Å². The van der Waals surface area contributed by atoms with Crippen LogP contribution in [0.4, 0.5) is 0 Å². The minimum atomic E-state index is -0.289. The summed E-state index contributed by atoms with van der Waals surface area (Å²) in [5, 5.41) is 9.65. The van der Waals surface area contributed by atoms with Crippen molar-refractivity contribution in [2.45, 2.75) is 19.4 Å². The molecule has 0 spiro atoms. The first kappa shape index (κ1) is 16.0. The van der Waals surface area contributed by atoms with Gasteiger partial charge in [-0.1, -0.05) is 30.1 Å². The van der Waals surface area contributed by atoms with Gasteiger partial charge in [0.1, 0.15) is 4.34 Å². The maximum absolute atomic E-state index is 12.3. The number of aliphatic hydroxyl groups is 1. The summed E-state index contributed by atoms with van der Waals surface area (Å²) in [5.74, 6) is -0.0613. The summed E-state index contributed by atoms with van der Waals surface area (Å²) < 4.78 is 0.979. The van der Waals surface area contributed by atoms with Crippen LogP contribution in [0.5, 0.6) is 0 Å². The smallest absolute Gasteiger partial charge is 0.256 e. The molecule has 7 heteroatoms. The first-order valence-corrected chi connectivity index (χ1v) is 8.23. The molecule has 20 heavy (non-hydrogen) atoms. The zero-order valence-electron chi connectivity index (χ0n) is 11.3. The molecule has 1 saturated heterocycles. The highest BCUT2D eigenvalue weighted by molar-refractivity contribution is 7.20. The van der Waals surface area contributed by atoms with Crippen molar-refractivity contribution in [2.75, 3.05) is 32.7 Å². The number of β-amino-alcohol motifs (C(OH)–C–C–N with tert-alkyl or cyclic N) is 1. The molecule has 112 valence electrons. The average Bonchev–Trinajstić information content (AvgIpc) is 2.77. The number of rotatable bonds is 4. The molecule has 0 aliphatic carbocycles. The van der Waals surface area contributed by atoms with Crippen LogP contribution in [-0.4, -0.2) is 59.6 Å². The number of nitrogens with zero attached hydrogens (tertiary/aromatic N) is 2. The van der Waals surface area contributed by atoms with E-state index in [0.717, 1.165) is 19.5 Å². The molecule has 0 aromatic carbocycles. The number of halogens is 2. The highest BCUT2D eigenvalue weighted by atomic mass is 35.5. The number of piperazine rings is 1. The summed E-state index contributed by atoms with van der Waals surface area (Å²) in [5.41, 5.74) is 0.490. The summed E-state index contributed by atoms with van der Waals surface area (Å²) in [6.45, 7) is 5.49. The molecule has 1 fully saturated rings. The largest absolute Gasteiger partial charge is 0.392 e. The summed E-state index contributed by atoms with van der Waals surface area (Å²) in [6, 6.07) is 1.63. The zero-order valence-corrected chi connectivity index (χ0v) is 13.6. The van der Waals surface area contributed by atoms with Gasteiger partial charge in [0.25, 0.3) is 5.91 Å². The van der Waals surface area contributed by atoms with Gasteiger partial charge < -0.3 is 10.0 Å². The number of aliphatic hydroxyl groups excluding tert-OH is 1. The van der Waals surface area contributed by atoms with E-state index in [2.05, 4.69) is 4.90 Å². The van der Waals surface area contributed by atoms with Crippen molar-refractivity contribution in [2.24, 2.45) is 0 Å². The van der Waals surface area contributed by atoms with Crippen LogP contribution in [0.15, 0.2) is 6.07 Å². The molecule has 0 unspecified atom stereocenters. The minimum absolute atomic E-state index is 0.0613. The van der Waals surface area contributed by atoms with Crippen LogP contribution in [0.1, 0.15) is 23.7 Å². The van der Waals surface area contributed by atoms with Gasteiger partial charge in [0.05, 0.1) is 16.0 Å². The summed E-state index contributed by atoms with van der Waals surface area (Å²) in [7, 11) is 0. The standard InChI is InChI=1S/C13H18Cl2N2O2S/c1-2-9(18)8-16-3-5-17(6-4-16)13(19)10-7-11(14)20-12(10)15/h7,9,18H,2-6,8H2,1H3/t9-/m0/s1. The fourth-order valence-corrected chi connectivity index (χ4v) is 3.67. The Labute approximate surface area is 132 Å². The fraction of sp³-hybridized carbons (Fsp3) is 0.615. The SMILES string of the molecule is CC[C@H](O)CN1CCN(C(=O)c2cc(Cl)sc2Cl)CC1. The molecule has 0 radical (unpaired) electrons. The lowest BCUT2D eigenvalue weighted by Crippen LogP contribution is -2.50. The lowest BCUT2D eigenvalue weighted by Gasteiger charge is -2.35. The maximum Gasteiger partial charge on any atom is 0.256 e. The van der Waals surface area contributed by atoms with Crippen molar-refractivity contribution in [1.29, 1.82) is 0 Å². The highest BCUT2D eigenvalue weighted by Crippen LogP contribution is 2.32. The van der Waals surface area contributed by atoms with Crippen molar-refractivity contribution in [1.82, 2.24) is 9.80 Å². The number of hydrogen-bond acceptors (Lipinski definition) is 4. The van der Waals surface area contributed by atoms with E-state index in [1.807, 2.05) is 6.92 Å². The highest BCUT2D eigenvalue weighted by Gasteiger charge is 2.25. The Kier molecular flexibility index (Phi) is 5.69. The first-order valence-electron chi connectivity index (χ1n) is 6.65. The molecule has 1 aliphatic rings. The quantitative estimate of drug-likeness (QED) is 0.918. The Bertz CT molecular complexity index is 473. The van der Waals surface area contributed by atoms with Gasteiger partial charge in [-0.25, -0.2) is 0 Å². The second-order valence-corrected chi connectivity index (χ2v) is 7.18. The van der Waals surface area contributed by atoms with E-state index in [1.54, 1.807) is 11.0 Å². The van der Waals surface area contributed by atoms with Crippen LogP contribution >= 0.6 is 34.5 Å². The van der Waals surface area contributed by atoms with E-state index >= 15 is 0 Å². The van der Waals surface area contributed by atoms with Crippen LogP contribution in [0.2, 0.25) is 8.67 Å². The summed E-state index contributed by atoms with van der Waals surface area (Å²) >= 11 is 13.1. The van der Waals surface area contributed by atoms with Crippen molar-refractivity contribution in [3.05, 3.63) is 20.3 Å². The predicted molar refractivity (Wildman–Crippen MR) is 83.0 cm³/mol. The molecule has 4 nitrogen and oxygen atoms in total. The fourth-order valence-electron chi connectivity index (χ4n) is 2.22. The predicted octanol–water partition coefficient (Wildman–Crippen LogP) is 2.58. The Hall–Kier alpha value is -0.330. The van der Waals surface area contributed by atoms with Gasteiger partial charge in [0.2, 0.25) is 0 Å². The first-order chi connectivity index (χ1) is 9.51. The summed E-state index contributed by atoms with van der Waals surface area (Å²) in [6.07, 6.45) is 0.463. The molecule has 2 rings (SSSR count). The van der Waals surface area contributed by atoms with E-state index < -0.39 is 0 Å². The number of thiophene rings is 1. The Morgan fingerprint density at radius 3 is 2.55 bits per heavy atom. The van der Waals surface area contributed by atoms with Gasteiger partial charge in [-0.05, 0) is 12.5 Å². The van der Waals surface area contributed by atoms with Crippen molar-refractivity contribution in [3.63, 3.8) is 0 Å². The molecular weight excluding hydrogens is 319 g/mol. The van der Waals surface area contributed by atoms with Crippen LogP contribution in [0.3, 0.4) is 0 Å². The molecule has 0 saturated carbocycles. The number of amides is 1. The van der Waals surface area contributed by atoms with Gasteiger partial charge in [-0.15, -0.1) is 11.3 Å². The number of carbonyl (C=O) groups is 1. The monoisotopic (exact) mass is 336 g/mol. The molecule has 1 amide bonds. The number of carbonyl (C=O) groups excluding carboxylic acids is 1. The summed E-state index contributed by atoms with van der Waals surface area (Å²) in [4.78, 5) is 16.3. The van der Waals surface area contributed by atoms with Crippen LogP contribution < -0.4 is 0 Å². The molecule has 1 aromatic rings. The number of hydrogen-bond donors (Lipinski definition) is 1. The second kappa shape index (κ2) is 7.09. The van der Waals surface area contributed by atoms with Crippen LogP contribution in [0.25, 0.3) is 0 Å². The van der Waals surface area contributed by atoms with Crippen molar-refractivity contribution >= 4 is 40.4 Å². The van der Waals surface area contributed by atoms with Crippen molar-refractivity contribution in [3.8, 4) is 0 Å². The third-order valence-corrected chi connectivity index (χ3v) is 4.97. The molecular formula is C13H18Cl2N2O2S. The average molecular weight is 337 g/mol. The Morgan fingerprint density at radius 2 is 2.05 bits per heavy atom. The van der Waals surface area contributed by atoms with E-state index in [4.69, 9.17) is 23.2 Å². The minimum Gasteiger partial charge on any atom is -0.392 e. The molecule has 1 aliphatic heterocycles. The normalized spacial score (nSPS) is 18.3. The van der Waals surface area contributed by atoms with Crippen LogP contribution in [0, 0.1) is 0 Å². The molecule has 1 atom stereocenters. The molecule has 1 N–H and O–H groups in total. The third kappa shape index (κ3) is 3.86. The lowest BCUT2D eigenvalue weighted by atomic mass is 10.2. The Morgan fingerprint density at radius 1 is 1.40 bits per heavy atom. The molecule has 1 aromatic heterocycles. The van der Waals surface area contributed by atoms with Gasteiger partial charge in [-0.3, -0.25) is 9.69 Å². The van der Waals surface area contributed by atoms with Crippen molar-refractivity contribution < 1.29 is 9.90 Å². The van der Waals surface area contributed by atoms with Crippen LogP contribution in [-0.2, 0) is 0 Å².